The molecule has 146 valence electrons. The zero-order chi connectivity index (χ0) is 18.9. The Morgan fingerprint density at radius 1 is 1.22 bits per heavy atom. The summed E-state index contributed by atoms with van der Waals surface area (Å²) in [7, 11) is 1.82. The first-order valence-corrected chi connectivity index (χ1v) is 10.6. The molecule has 2 aromatic rings. The van der Waals surface area contributed by atoms with Gasteiger partial charge in [0.15, 0.2) is 5.96 Å². The number of thiophene rings is 1. The van der Waals surface area contributed by atoms with E-state index in [4.69, 9.17) is 0 Å². The first kappa shape index (κ1) is 19.5. The maximum atomic E-state index is 11.7. The fraction of sp³-hybridized carbons (Fsp3) is 0.500. The lowest BCUT2D eigenvalue weighted by molar-refractivity contribution is 0.462. The van der Waals surface area contributed by atoms with Gasteiger partial charge >= 0.3 is 0 Å². The van der Waals surface area contributed by atoms with Crippen molar-refractivity contribution in [3.05, 3.63) is 52.3 Å². The largest absolute Gasteiger partial charge is 0.363 e. The topological polar surface area (TPSA) is 61.7 Å². The molecule has 2 aromatic heterocycles. The molecule has 0 aliphatic carbocycles. The summed E-state index contributed by atoms with van der Waals surface area (Å²) in [6, 6.07) is 10.1. The summed E-state index contributed by atoms with van der Waals surface area (Å²) in [5.41, 5.74) is 0.0665. The van der Waals surface area contributed by atoms with Crippen LogP contribution in [0.1, 0.15) is 25.7 Å². The molecule has 1 aliphatic heterocycles. The third-order valence-electron chi connectivity index (χ3n) is 4.89. The molecule has 1 aliphatic rings. The maximum absolute atomic E-state index is 11.7. The molecule has 1 saturated heterocycles. The Morgan fingerprint density at radius 3 is 2.78 bits per heavy atom. The number of nitrogens with zero attached hydrogens (tertiary/aromatic N) is 3. The molecule has 0 bridgehead atoms. The summed E-state index contributed by atoms with van der Waals surface area (Å²) < 4.78 is 1.76. The van der Waals surface area contributed by atoms with Crippen LogP contribution in [0.2, 0.25) is 0 Å². The van der Waals surface area contributed by atoms with Gasteiger partial charge in [0.1, 0.15) is 0 Å². The predicted molar refractivity (Wildman–Crippen MR) is 114 cm³/mol. The van der Waals surface area contributed by atoms with Gasteiger partial charge in [0, 0.05) is 51.5 Å². The SMILES string of the molecule is CN=C(NCCCCn1ccccc1=O)NC1CCN(c2cccs2)CC1. The number of aryl methyl sites for hydroxylation is 1. The van der Waals surface area contributed by atoms with Crippen molar-refractivity contribution in [3.63, 3.8) is 0 Å². The molecular weight excluding hydrogens is 358 g/mol. The van der Waals surface area contributed by atoms with Gasteiger partial charge in [-0.25, -0.2) is 0 Å². The number of nitrogens with one attached hydrogen (secondary N) is 2. The predicted octanol–water partition coefficient (Wildman–Crippen LogP) is 2.52. The molecular formula is C20H29N5OS. The summed E-state index contributed by atoms with van der Waals surface area (Å²) in [5.74, 6) is 0.876. The van der Waals surface area contributed by atoms with Gasteiger partial charge in [-0.05, 0) is 49.3 Å². The van der Waals surface area contributed by atoms with E-state index in [0.29, 0.717) is 6.04 Å². The van der Waals surface area contributed by atoms with E-state index >= 15 is 0 Å². The van der Waals surface area contributed by atoms with Crippen LogP contribution in [-0.4, -0.2) is 43.3 Å². The molecule has 0 radical (unpaired) electrons. The molecule has 7 heteroatoms. The molecule has 0 atom stereocenters. The molecule has 0 unspecified atom stereocenters. The van der Waals surface area contributed by atoms with Crippen molar-refractivity contribution in [2.75, 3.05) is 31.6 Å². The number of anilines is 1. The third-order valence-corrected chi connectivity index (χ3v) is 5.82. The number of piperidine rings is 1. The first-order chi connectivity index (χ1) is 13.3. The lowest BCUT2D eigenvalue weighted by Crippen LogP contribution is -2.48. The zero-order valence-electron chi connectivity index (χ0n) is 15.9. The van der Waals surface area contributed by atoms with E-state index in [0.717, 1.165) is 57.8 Å². The molecule has 0 amide bonds. The monoisotopic (exact) mass is 387 g/mol. The number of guanidine groups is 1. The van der Waals surface area contributed by atoms with Crippen LogP contribution in [0.15, 0.2) is 51.7 Å². The smallest absolute Gasteiger partial charge is 0.250 e. The number of pyridine rings is 1. The van der Waals surface area contributed by atoms with E-state index in [1.165, 1.54) is 5.00 Å². The van der Waals surface area contributed by atoms with Crippen LogP contribution in [0, 0.1) is 0 Å². The summed E-state index contributed by atoms with van der Waals surface area (Å²) in [6.45, 7) is 3.78. The summed E-state index contributed by atoms with van der Waals surface area (Å²) >= 11 is 1.81. The third kappa shape index (κ3) is 5.85. The quantitative estimate of drug-likeness (QED) is 0.435. The van der Waals surface area contributed by atoms with Gasteiger partial charge in [0.2, 0.25) is 5.56 Å². The van der Waals surface area contributed by atoms with Gasteiger partial charge in [0.25, 0.3) is 0 Å². The van der Waals surface area contributed by atoms with Crippen LogP contribution in [0.5, 0.6) is 0 Å². The highest BCUT2D eigenvalue weighted by Crippen LogP contribution is 2.24. The number of hydrogen-bond acceptors (Lipinski definition) is 4. The molecule has 27 heavy (non-hydrogen) atoms. The number of unbranched alkanes of at least 4 members (excludes halogenated alkanes) is 1. The van der Waals surface area contributed by atoms with E-state index in [9.17, 15) is 4.79 Å². The van der Waals surface area contributed by atoms with E-state index in [2.05, 4.69) is 38.0 Å². The second kappa shape index (κ2) is 10.2. The number of hydrogen-bond donors (Lipinski definition) is 2. The second-order valence-electron chi connectivity index (χ2n) is 6.80. The Morgan fingerprint density at radius 2 is 2.07 bits per heavy atom. The lowest BCUT2D eigenvalue weighted by Gasteiger charge is -2.33. The molecule has 3 heterocycles. The van der Waals surface area contributed by atoms with Crippen molar-refractivity contribution >= 4 is 22.3 Å². The molecule has 3 rings (SSSR count). The van der Waals surface area contributed by atoms with E-state index in [1.54, 1.807) is 16.7 Å². The van der Waals surface area contributed by atoms with E-state index in [-0.39, 0.29) is 5.56 Å². The van der Waals surface area contributed by atoms with E-state index < -0.39 is 0 Å². The van der Waals surface area contributed by atoms with Crippen molar-refractivity contribution in [2.45, 2.75) is 38.3 Å². The van der Waals surface area contributed by atoms with Gasteiger partial charge in [-0.2, -0.15) is 0 Å². The normalized spacial score (nSPS) is 15.7. The molecule has 2 N–H and O–H groups in total. The average molecular weight is 388 g/mol. The van der Waals surface area contributed by atoms with Crippen molar-refractivity contribution in [2.24, 2.45) is 4.99 Å². The molecule has 6 nitrogen and oxygen atoms in total. The summed E-state index contributed by atoms with van der Waals surface area (Å²) in [6.07, 6.45) is 6.05. The van der Waals surface area contributed by atoms with Crippen LogP contribution in [0.25, 0.3) is 0 Å². The maximum Gasteiger partial charge on any atom is 0.250 e. The Labute approximate surface area is 164 Å². The van der Waals surface area contributed by atoms with Gasteiger partial charge in [-0.15, -0.1) is 11.3 Å². The minimum Gasteiger partial charge on any atom is -0.363 e. The van der Waals surface area contributed by atoms with E-state index in [1.807, 2.05) is 30.6 Å². The van der Waals surface area contributed by atoms with Crippen LogP contribution < -0.4 is 21.1 Å². The molecule has 0 spiro atoms. The highest BCUT2D eigenvalue weighted by molar-refractivity contribution is 7.14. The van der Waals surface area contributed by atoms with Crippen molar-refractivity contribution in [1.82, 2.24) is 15.2 Å². The summed E-state index contributed by atoms with van der Waals surface area (Å²) in [4.78, 5) is 18.5. The van der Waals surface area contributed by atoms with Crippen LogP contribution >= 0.6 is 11.3 Å². The van der Waals surface area contributed by atoms with Crippen LogP contribution in [-0.2, 0) is 6.54 Å². The first-order valence-electron chi connectivity index (χ1n) is 9.67. The van der Waals surface area contributed by atoms with Gasteiger partial charge < -0.3 is 20.1 Å². The van der Waals surface area contributed by atoms with Crippen LogP contribution in [0.4, 0.5) is 5.00 Å². The fourth-order valence-electron chi connectivity index (χ4n) is 3.34. The Bertz CT molecular complexity index is 763. The summed E-state index contributed by atoms with van der Waals surface area (Å²) in [5, 5.41) is 10.5. The number of aromatic nitrogens is 1. The molecule has 1 fully saturated rings. The van der Waals surface area contributed by atoms with Crippen LogP contribution in [0.3, 0.4) is 0 Å². The minimum atomic E-state index is 0.0665. The fourth-order valence-corrected chi connectivity index (χ4v) is 4.13. The minimum absolute atomic E-state index is 0.0665. The number of aliphatic imine (C=N–C) groups is 1. The average Bonchev–Trinajstić information content (AvgIpc) is 3.23. The highest BCUT2D eigenvalue weighted by atomic mass is 32.1. The van der Waals surface area contributed by atoms with Gasteiger partial charge in [-0.3, -0.25) is 9.79 Å². The van der Waals surface area contributed by atoms with Gasteiger partial charge in [-0.1, -0.05) is 6.07 Å². The lowest BCUT2D eigenvalue weighted by atomic mass is 10.1. The Kier molecular flexibility index (Phi) is 7.33. The number of rotatable bonds is 7. The highest BCUT2D eigenvalue weighted by Gasteiger charge is 2.20. The van der Waals surface area contributed by atoms with Crippen molar-refractivity contribution < 1.29 is 0 Å². The Hall–Kier alpha value is -2.28. The standard InChI is InChI=1S/C20H29N5OS/c1-21-20(22-11-3-5-13-24-12-4-2-7-18(24)26)23-17-9-14-25(15-10-17)19-8-6-16-27-19/h2,4,6-8,12,16-17H,3,5,9-11,13-15H2,1H3,(H2,21,22,23). The molecule has 0 aromatic carbocycles. The second-order valence-corrected chi connectivity index (χ2v) is 7.72. The zero-order valence-corrected chi connectivity index (χ0v) is 16.8. The Balaban J connectivity index is 1.33. The van der Waals surface area contributed by atoms with Crippen molar-refractivity contribution in [3.8, 4) is 0 Å². The molecule has 0 saturated carbocycles. The van der Waals surface area contributed by atoms with Gasteiger partial charge in [0.05, 0.1) is 5.00 Å². The van der Waals surface area contributed by atoms with Crippen molar-refractivity contribution in [1.29, 1.82) is 0 Å².